The molecule has 26 heavy (non-hydrogen) atoms. The third-order valence-corrected chi connectivity index (χ3v) is 6.07. The Labute approximate surface area is 153 Å². The Morgan fingerprint density at radius 2 is 1.19 bits per heavy atom. The van der Waals surface area contributed by atoms with Crippen LogP contribution in [0.15, 0.2) is 48.5 Å². The van der Waals surface area contributed by atoms with E-state index in [1.165, 1.54) is 0 Å². The molecule has 0 radical (unpaired) electrons. The first-order valence-electron chi connectivity index (χ1n) is 9.27. The Balaban J connectivity index is 1.96. The van der Waals surface area contributed by atoms with Gasteiger partial charge in [0.05, 0.1) is 5.92 Å². The summed E-state index contributed by atoms with van der Waals surface area (Å²) in [5, 5.41) is 12.2. The highest BCUT2D eigenvalue weighted by molar-refractivity contribution is 5.89. The standard InChI is InChI=1S/C22H23NO3/c1-3-23(4-2)21(24)19-17-13-9-5-7-11-15(13)18(20(19)22(25)26)16-12-8-6-10-14(16)17/h5-12,17-20H,3-4H2,1-2H3,(H,25,26)/p-1/t17?,18?,19-,20+/m1/s1. The van der Waals surface area contributed by atoms with Crippen molar-refractivity contribution in [2.24, 2.45) is 11.8 Å². The number of rotatable bonds is 4. The first-order chi connectivity index (χ1) is 12.6. The third-order valence-electron chi connectivity index (χ3n) is 6.07. The van der Waals surface area contributed by atoms with Crippen molar-refractivity contribution in [2.75, 3.05) is 13.1 Å². The number of hydrogen-bond acceptors (Lipinski definition) is 3. The van der Waals surface area contributed by atoms with E-state index in [-0.39, 0.29) is 17.7 Å². The Kier molecular flexibility index (Phi) is 4.06. The van der Waals surface area contributed by atoms with Gasteiger partial charge in [-0.15, -0.1) is 0 Å². The van der Waals surface area contributed by atoms with E-state index in [9.17, 15) is 14.7 Å². The summed E-state index contributed by atoms with van der Waals surface area (Å²) in [4.78, 5) is 27.3. The van der Waals surface area contributed by atoms with Crippen molar-refractivity contribution in [2.45, 2.75) is 25.7 Å². The largest absolute Gasteiger partial charge is 0.550 e. The molecule has 0 saturated heterocycles. The van der Waals surface area contributed by atoms with E-state index in [1.54, 1.807) is 4.90 Å². The highest BCUT2D eigenvalue weighted by Gasteiger charge is 2.53. The van der Waals surface area contributed by atoms with Gasteiger partial charge in [0.2, 0.25) is 5.91 Å². The molecule has 0 aliphatic heterocycles. The van der Waals surface area contributed by atoms with Gasteiger partial charge in [0.25, 0.3) is 0 Å². The number of hydrogen-bond donors (Lipinski definition) is 0. The number of benzene rings is 2. The molecule has 1 amide bonds. The predicted molar refractivity (Wildman–Crippen MR) is 96.5 cm³/mol. The van der Waals surface area contributed by atoms with Gasteiger partial charge in [-0.2, -0.15) is 0 Å². The monoisotopic (exact) mass is 348 g/mol. The number of carboxylic acid groups (broad SMARTS) is 1. The van der Waals surface area contributed by atoms with Crippen LogP contribution in [0.3, 0.4) is 0 Å². The molecule has 0 spiro atoms. The average molecular weight is 348 g/mol. The summed E-state index contributed by atoms with van der Waals surface area (Å²) in [5.74, 6) is -3.23. The van der Waals surface area contributed by atoms with Crippen molar-refractivity contribution >= 4 is 11.9 Å². The maximum absolute atomic E-state index is 13.3. The van der Waals surface area contributed by atoms with Crippen molar-refractivity contribution in [3.63, 3.8) is 0 Å². The van der Waals surface area contributed by atoms with Crippen LogP contribution in [-0.2, 0) is 9.59 Å². The van der Waals surface area contributed by atoms with Crippen LogP contribution in [-0.4, -0.2) is 29.9 Å². The predicted octanol–water partition coefficient (Wildman–Crippen LogP) is 2.13. The minimum atomic E-state index is -1.13. The van der Waals surface area contributed by atoms with Gasteiger partial charge in [0.1, 0.15) is 0 Å². The summed E-state index contributed by atoms with van der Waals surface area (Å²) in [6.07, 6.45) is 0. The number of amides is 1. The number of carboxylic acids is 1. The van der Waals surface area contributed by atoms with Crippen molar-refractivity contribution < 1.29 is 14.7 Å². The number of carbonyl (C=O) groups is 2. The first kappa shape index (κ1) is 16.8. The summed E-state index contributed by atoms with van der Waals surface area (Å²) in [5.41, 5.74) is 4.21. The lowest BCUT2D eigenvalue weighted by Crippen LogP contribution is -2.54. The Morgan fingerprint density at radius 1 is 0.808 bits per heavy atom. The van der Waals surface area contributed by atoms with Crippen LogP contribution in [0.2, 0.25) is 0 Å². The summed E-state index contributed by atoms with van der Waals surface area (Å²) >= 11 is 0. The average Bonchev–Trinajstić information content (AvgIpc) is 2.68. The summed E-state index contributed by atoms with van der Waals surface area (Å²) in [7, 11) is 0. The van der Waals surface area contributed by atoms with Crippen molar-refractivity contribution in [3.05, 3.63) is 70.8 Å². The van der Waals surface area contributed by atoms with E-state index in [0.717, 1.165) is 22.3 Å². The summed E-state index contributed by atoms with van der Waals surface area (Å²) in [6.45, 7) is 5.01. The van der Waals surface area contributed by atoms with Gasteiger partial charge in [-0.1, -0.05) is 48.5 Å². The van der Waals surface area contributed by atoms with E-state index < -0.39 is 17.8 Å². The van der Waals surface area contributed by atoms with Gasteiger partial charge >= 0.3 is 0 Å². The minimum Gasteiger partial charge on any atom is -0.550 e. The highest BCUT2D eigenvalue weighted by atomic mass is 16.4. The first-order valence-corrected chi connectivity index (χ1v) is 9.27. The molecule has 4 nitrogen and oxygen atoms in total. The molecule has 2 atom stereocenters. The smallest absolute Gasteiger partial charge is 0.227 e. The number of nitrogens with zero attached hydrogens (tertiary/aromatic N) is 1. The van der Waals surface area contributed by atoms with Crippen LogP contribution in [0.5, 0.6) is 0 Å². The molecule has 3 aliphatic rings. The topological polar surface area (TPSA) is 60.4 Å². The molecule has 3 aliphatic carbocycles. The molecular formula is C22H22NO3-. The molecule has 4 heteroatoms. The molecular weight excluding hydrogens is 326 g/mol. The summed E-state index contributed by atoms with van der Waals surface area (Å²) < 4.78 is 0. The maximum atomic E-state index is 13.3. The van der Waals surface area contributed by atoms with E-state index in [4.69, 9.17) is 0 Å². The highest BCUT2D eigenvalue weighted by Crippen LogP contribution is 2.58. The van der Waals surface area contributed by atoms with Crippen LogP contribution in [0.1, 0.15) is 47.9 Å². The third kappa shape index (κ3) is 2.21. The Bertz CT molecular complexity index is 824. The zero-order valence-corrected chi connectivity index (χ0v) is 15.0. The van der Waals surface area contributed by atoms with E-state index in [0.29, 0.717) is 13.1 Å². The molecule has 134 valence electrons. The Morgan fingerprint density at radius 3 is 1.54 bits per heavy atom. The van der Waals surface area contributed by atoms with Crippen LogP contribution < -0.4 is 5.11 Å². The second kappa shape index (κ2) is 6.27. The maximum Gasteiger partial charge on any atom is 0.227 e. The van der Waals surface area contributed by atoms with Crippen LogP contribution in [0.4, 0.5) is 0 Å². The van der Waals surface area contributed by atoms with Gasteiger partial charge < -0.3 is 14.8 Å². The van der Waals surface area contributed by atoms with Crippen LogP contribution in [0.25, 0.3) is 0 Å². The molecule has 0 fully saturated rings. The number of fused-ring (bicyclic) bond motifs is 1. The lowest BCUT2D eigenvalue weighted by molar-refractivity contribution is -0.314. The van der Waals surface area contributed by atoms with E-state index >= 15 is 0 Å². The fourth-order valence-electron chi connectivity index (χ4n) is 5.00. The van der Waals surface area contributed by atoms with Crippen molar-refractivity contribution in [1.82, 2.24) is 4.90 Å². The van der Waals surface area contributed by atoms with Gasteiger partial charge in [0, 0.05) is 36.8 Å². The lowest BCUT2D eigenvalue weighted by atomic mass is 9.54. The SMILES string of the molecule is CCN(CC)C(=O)[C@@H]1C2c3ccccc3C(c3ccccc32)[C@@H]1C(=O)[O-]. The van der Waals surface area contributed by atoms with Gasteiger partial charge in [-0.25, -0.2) is 0 Å². The molecule has 2 aromatic rings. The van der Waals surface area contributed by atoms with Gasteiger partial charge in [-0.05, 0) is 36.1 Å². The fourth-order valence-corrected chi connectivity index (χ4v) is 5.00. The van der Waals surface area contributed by atoms with E-state index in [1.807, 2.05) is 62.4 Å². The molecule has 5 rings (SSSR count). The number of aliphatic carboxylic acids is 1. The van der Waals surface area contributed by atoms with E-state index in [2.05, 4.69) is 0 Å². The second-order valence-corrected chi connectivity index (χ2v) is 7.09. The fraction of sp³-hybridized carbons (Fsp3) is 0.364. The lowest BCUT2D eigenvalue weighted by Gasteiger charge is -2.51. The minimum absolute atomic E-state index is 0.0804. The van der Waals surface area contributed by atoms with Gasteiger partial charge in [0.15, 0.2) is 0 Å². The van der Waals surface area contributed by atoms with Gasteiger partial charge in [-0.3, -0.25) is 4.79 Å². The molecule has 0 unspecified atom stereocenters. The normalized spacial score (nSPS) is 25.3. The second-order valence-electron chi connectivity index (χ2n) is 7.09. The zero-order chi connectivity index (χ0) is 18.4. The summed E-state index contributed by atoms with van der Waals surface area (Å²) in [6, 6.07) is 15.9. The molecule has 0 saturated carbocycles. The molecule has 2 aromatic carbocycles. The quantitative estimate of drug-likeness (QED) is 0.850. The molecule has 0 N–H and O–H groups in total. The molecule has 0 aromatic heterocycles. The van der Waals surface area contributed by atoms with Crippen LogP contribution >= 0.6 is 0 Å². The molecule has 2 bridgehead atoms. The molecule has 0 heterocycles. The Hall–Kier alpha value is -2.62. The number of carbonyl (C=O) groups excluding carboxylic acids is 2. The van der Waals surface area contributed by atoms with Crippen LogP contribution in [0, 0.1) is 11.8 Å². The van der Waals surface area contributed by atoms with Crippen molar-refractivity contribution in [3.8, 4) is 0 Å². The zero-order valence-electron chi connectivity index (χ0n) is 15.0. The van der Waals surface area contributed by atoms with Crippen molar-refractivity contribution in [1.29, 1.82) is 0 Å².